The molecule has 18 heteroatoms. The lowest BCUT2D eigenvalue weighted by molar-refractivity contribution is -0.135. The van der Waals surface area contributed by atoms with Crippen molar-refractivity contribution >= 4 is 47.3 Å². The van der Waals surface area contributed by atoms with Crippen molar-refractivity contribution < 1.29 is 38.4 Å². The van der Waals surface area contributed by atoms with E-state index in [1.165, 1.54) is 19.4 Å². The van der Waals surface area contributed by atoms with Crippen LogP contribution in [-0.2, 0) is 51.2 Å². The van der Waals surface area contributed by atoms with Crippen LogP contribution in [0, 0.1) is 0 Å². The Morgan fingerprint density at radius 2 is 1.62 bits per heavy atom. The third-order valence-corrected chi connectivity index (χ3v) is 8.21. The second-order valence-electron chi connectivity index (χ2n) is 12.5. The molecule has 1 saturated heterocycles. The maximum atomic E-state index is 13.9. The first-order valence-electron chi connectivity index (χ1n) is 17.2. The highest BCUT2D eigenvalue weighted by Gasteiger charge is 2.32. The molecule has 1 aromatic heterocycles. The highest BCUT2D eigenvalue weighted by Crippen LogP contribution is 2.09. The van der Waals surface area contributed by atoms with Crippen molar-refractivity contribution in [2.45, 2.75) is 95.4 Å². The molecule has 1 aromatic carbocycles. The maximum Gasteiger partial charge on any atom is 0.243 e. The topological polar surface area (TPSA) is 275 Å². The number of carbonyl (C=O) groups is 8. The lowest BCUT2D eigenvalue weighted by Crippen LogP contribution is -2.59. The summed E-state index contributed by atoms with van der Waals surface area (Å²) in [7, 11) is 0. The molecule has 18 nitrogen and oxygen atoms in total. The number of nitrogens with zero attached hydrogens (tertiary/aromatic N) is 1. The molecule has 0 saturated carbocycles. The quantitative estimate of drug-likeness (QED) is 0.121. The van der Waals surface area contributed by atoms with Crippen LogP contribution in [0.3, 0.4) is 0 Å². The van der Waals surface area contributed by atoms with Gasteiger partial charge in [-0.2, -0.15) is 0 Å². The van der Waals surface area contributed by atoms with E-state index in [9.17, 15) is 38.4 Å². The van der Waals surface area contributed by atoms with Crippen LogP contribution in [0.4, 0.5) is 0 Å². The largest absolute Gasteiger partial charge is 0.368 e. The van der Waals surface area contributed by atoms with Gasteiger partial charge in [0.15, 0.2) is 0 Å². The first-order chi connectivity index (χ1) is 24.9. The summed E-state index contributed by atoms with van der Waals surface area (Å²) in [5, 5.41) is 18.0. The smallest absolute Gasteiger partial charge is 0.243 e. The van der Waals surface area contributed by atoms with E-state index >= 15 is 0 Å². The van der Waals surface area contributed by atoms with E-state index in [2.05, 4.69) is 47.2 Å². The number of nitrogens with one attached hydrogen (secondary N) is 8. The van der Waals surface area contributed by atoms with Crippen molar-refractivity contribution in [2.24, 2.45) is 5.73 Å². The van der Waals surface area contributed by atoms with Crippen molar-refractivity contribution in [2.75, 3.05) is 13.1 Å². The lowest BCUT2D eigenvalue weighted by Gasteiger charge is -2.26. The first kappa shape index (κ1) is 40.6. The van der Waals surface area contributed by atoms with Crippen molar-refractivity contribution in [1.29, 1.82) is 0 Å². The molecule has 1 aliphatic rings. The van der Waals surface area contributed by atoms with Crippen LogP contribution in [0.1, 0.15) is 63.6 Å². The molecule has 10 N–H and O–H groups in total. The fourth-order valence-electron chi connectivity index (χ4n) is 5.43. The number of hydrogen-bond donors (Lipinski definition) is 9. The summed E-state index contributed by atoms with van der Waals surface area (Å²) in [6.07, 6.45) is 3.89. The number of carbonyl (C=O) groups excluding carboxylic acids is 8. The summed E-state index contributed by atoms with van der Waals surface area (Å²) in [6.45, 7) is 2.55. The summed E-state index contributed by atoms with van der Waals surface area (Å²) in [5.41, 5.74) is 6.54. The van der Waals surface area contributed by atoms with Crippen molar-refractivity contribution in [3.63, 3.8) is 0 Å². The Balaban J connectivity index is 1.97. The van der Waals surface area contributed by atoms with Crippen LogP contribution in [-0.4, -0.2) is 101 Å². The summed E-state index contributed by atoms with van der Waals surface area (Å²) in [4.78, 5) is 111. The molecule has 282 valence electrons. The molecule has 0 radical (unpaired) electrons. The number of nitrogens with two attached hydrogens (primary N) is 1. The van der Waals surface area contributed by atoms with Gasteiger partial charge in [0, 0.05) is 38.9 Å². The zero-order valence-corrected chi connectivity index (χ0v) is 29.3. The molecule has 2 aromatic rings. The zero-order valence-electron chi connectivity index (χ0n) is 29.3. The number of primary amides is 1. The van der Waals surface area contributed by atoms with Crippen LogP contribution >= 0.6 is 0 Å². The average Bonchev–Trinajstić information content (AvgIpc) is 3.62. The van der Waals surface area contributed by atoms with E-state index in [-0.39, 0.29) is 38.6 Å². The van der Waals surface area contributed by atoms with Gasteiger partial charge in [-0.25, -0.2) is 4.98 Å². The van der Waals surface area contributed by atoms with Crippen LogP contribution < -0.4 is 43.0 Å². The van der Waals surface area contributed by atoms with Gasteiger partial charge in [-0.15, -0.1) is 0 Å². The van der Waals surface area contributed by atoms with E-state index in [4.69, 9.17) is 5.73 Å². The fraction of sp³-hybridized carbons (Fsp3) is 0.500. The molecule has 3 rings (SSSR count). The first-order valence-corrected chi connectivity index (χ1v) is 17.2. The minimum Gasteiger partial charge on any atom is -0.368 e. The highest BCUT2D eigenvalue weighted by atomic mass is 16.2. The number of unbranched alkanes of at least 4 members (excludes halogenated alkanes) is 1. The van der Waals surface area contributed by atoms with Crippen molar-refractivity contribution in [3.05, 3.63) is 54.1 Å². The second kappa shape index (κ2) is 20.8. The van der Waals surface area contributed by atoms with Gasteiger partial charge in [0.1, 0.15) is 30.2 Å². The van der Waals surface area contributed by atoms with Crippen LogP contribution in [0.5, 0.6) is 0 Å². The van der Waals surface area contributed by atoms with Gasteiger partial charge < -0.3 is 47.9 Å². The molecule has 52 heavy (non-hydrogen) atoms. The summed E-state index contributed by atoms with van der Waals surface area (Å²) in [6, 6.07) is 2.77. The molecule has 1 fully saturated rings. The molecule has 3 unspecified atom stereocenters. The molecule has 8 amide bonds. The molecule has 1 aliphatic heterocycles. The summed E-state index contributed by atoms with van der Waals surface area (Å²) in [5.74, 6) is -5.54. The normalized spacial score (nSPS) is 21.7. The minimum atomic E-state index is -1.34. The summed E-state index contributed by atoms with van der Waals surface area (Å²) < 4.78 is 0. The fourth-order valence-corrected chi connectivity index (χ4v) is 5.43. The third kappa shape index (κ3) is 13.8. The molecular weight excluding hydrogens is 676 g/mol. The Labute approximate surface area is 301 Å². The number of amides is 8. The molecule has 2 heterocycles. The minimum absolute atomic E-state index is 0.0156. The zero-order chi connectivity index (χ0) is 38.0. The molecular formula is C34H48N10O8. The van der Waals surface area contributed by atoms with Crippen molar-refractivity contribution in [3.8, 4) is 0 Å². The number of aromatic nitrogens is 2. The molecule has 0 spiro atoms. The molecule has 5 atom stereocenters. The number of rotatable bonds is 11. The summed E-state index contributed by atoms with van der Waals surface area (Å²) >= 11 is 0. The number of H-pyrrole nitrogens is 1. The predicted octanol–water partition coefficient (Wildman–Crippen LogP) is -2.27. The predicted molar refractivity (Wildman–Crippen MR) is 186 cm³/mol. The van der Waals surface area contributed by atoms with E-state index in [0.29, 0.717) is 24.1 Å². The number of benzene rings is 1. The van der Waals surface area contributed by atoms with E-state index < -0.39 is 84.0 Å². The number of hydrogen-bond acceptors (Lipinski definition) is 9. The second-order valence-corrected chi connectivity index (χ2v) is 12.5. The standard InChI is InChI=1S/C34H48N10O8/c1-3-4-10-24(40-20(2)45)32(50)42-25-11-12-28(46)37-14-13-23(30(35)48)41-29(47)18-38-31(49)26(15-21-8-6-5-7-9-21)43-34(52)27(44-33(25)51)16-22-17-36-19-39-22/h5-9,17,19,23-27H,3-4,10-16,18H2,1-2H3,(H2,35,48)(H,36,39)(H,37,46)(H,38,49)(H,40,45)(H,41,47)(H,42,50)(H,43,52)(H,44,51)/t23?,24-,25?,26?,27-/m0/s1. The van der Waals surface area contributed by atoms with E-state index in [1.807, 2.05) is 6.92 Å². The lowest BCUT2D eigenvalue weighted by atomic mass is 10.0. The Kier molecular flexibility index (Phi) is 16.2. The highest BCUT2D eigenvalue weighted by molar-refractivity contribution is 5.96. The SMILES string of the molecule is CCCC[C@H](NC(C)=O)C(=O)NC1CCC(=O)NCCC(C(N)=O)NC(=O)CNC(=O)C(Cc2ccccc2)NC(=O)[C@H](Cc2c[nH]cn2)NC1=O. The van der Waals surface area contributed by atoms with Crippen LogP contribution in [0.2, 0.25) is 0 Å². The Morgan fingerprint density at radius 3 is 2.27 bits per heavy atom. The monoisotopic (exact) mass is 724 g/mol. The van der Waals surface area contributed by atoms with Gasteiger partial charge >= 0.3 is 0 Å². The van der Waals surface area contributed by atoms with Gasteiger partial charge in [0.05, 0.1) is 18.6 Å². The van der Waals surface area contributed by atoms with Gasteiger partial charge in [0.2, 0.25) is 47.3 Å². The Hall–Kier alpha value is -5.81. The molecule has 0 aliphatic carbocycles. The third-order valence-electron chi connectivity index (χ3n) is 8.21. The van der Waals surface area contributed by atoms with Crippen LogP contribution in [0.25, 0.3) is 0 Å². The van der Waals surface area contributed by atoms with Gasteiger partial charge in [-0.05, 0) is 24.8 Å². The van der Waals surface area contributed by atoms with E-state index in [1.54, 1.807) is 30.3 Å². The Morgan fingerprint density at radius 1 is 0.904 bits per heavy atom. The van der Waals surface area contributed by atoms with E-state index in [0.717, 1.165) is 6.42 Å². The maximum absolute atomic E-state index is 13.9. The number of imidazole rings is 1. The van der Waals surface area contributed by atoms with Gasteiger partial charge in [-0.3, -0.25) is 38.4 Å². The van der Waals surface area contributed by atoms with Gasteiger partial charge in [-0.1, -0.05) is 50.1 Å². The average molecular weight is 725 g/mol. The Bertz CT molecular complexity index is 1550. The van der Waals surface area contributed by atoms with Gasteiger partial charge in [0.25, 0.3) is 0 Å². The van der Waals surface area contributed by atoms with Crippen LogP contribution in [0.15, 0.2) is 42.9 Å². The van der Waals surface area contributed by atoms with Crippen molar-refractivity contribution in [1.82, 2.24) is 47.2 Å². The molecule has 0 bridgehead atoms. The number of aromatic amines is 1.